The lowest BCUT2D eigenvalue weighted by molar-refractivity contribution is -0.176. The lowest BCUT2D eigenvalue weighted by Crippen LogP contribution is -2.36. The van der Waals surface area contributed by atoms with E-state index in [9.17, 15) is 18.0 Å². The topological polar surface area (TPSA) is 41.6 Å². The van der Waals surface area contributed by atoms with Crippen molar-refractivity contribution >= 4 is 33.3 Å². The zero-order chi connectivity index (χ0) is 19.2. The van der Waals surface area contributed by atoms with Gasteiger partial charge in [0.15, 0.2) is 0 Å². The molecule has 0 radical (unpaired) electrons. The van der Waals surface area contributed by atoms with Crippen molar-refractivity contribution in [3.8, 4) is 0 Å². The Kier molecular flexibility index (Phi) is 7.48. The van der Waals surface area contributed by atoms with Crippen LogP contribution < -0.4 is 5.32 Å². The SMILES string of the molecule is CN(Cc1ccc(Br)s1)C(=O)NCc1ccc(COCC(F)(F)F)cc1. The summed E-state index contributed by atoms with van der Waals surface area (Å²) in [6.07, 6.45) is -4.32. The number of ether oxygens (including phenoxy) is 1. The van der Waals surface area contributed by atoms with Crippen molar-refractivity contribution in [3.05, 3.63) is 56.2 Å². The number of urea groups is 1. The number of hydrogen-bond acceptors (Lipinski definition) is 3. The molecule has 2 amide bonds. The van der Waals surface area contributed by atoms with Gasteiger partial charge < -0.3 is 15.0 Å². The van der Waals surface area contributed by atoms with Crippen molar-refractivity contribution in [2.24, 2.45) is 0 Å². The minimum atomic E-state index is -4.32. The van der Waals surface area contributed by atoms with Crippen LogP contribution in [0.5, 0.6) is 0 Å². The number of amides is 2. The van der Waals surface area contributed by atoms with Crippen LogP contribution in [0, 0.1) is 0 Å². The first kappa shape index (κ1) is 20.7. The van der Waals surface area contributed by atoms with Crippen LogP contribution in [-0.2, 0) is 24.4 Å². The highest BCUT2D eigenvalue weighted by molar-refractivity contribution is 9.11. The number of halogens is 4. The molecule has 1 aromatic heterocycles. The van der Waals surface area contributed by atoms with Crippen LogP contribution >= 0.6 is 27.3 Å². The quantitative estimate of drug-likeness (QED) is 0.649. The largest absolute Gasteiger partial charge is 0.411 e. The van der Waals surface area contributed by atoms with E-state index in [0.717, 1.165) is 14.2 Å². The summed E-state index contributed by atoms with van der Waals surface area (Å²) in [7, 11) is 1.71. The Morgan fingerprint density at radius 3 is 2.42 bits per heavy atom. The third kappa shape index (κ3) is 7.35. The number of thiophene rings is 1. The summed E-state index contributed by atoms with van der Waals surface area (Å²) in [4.78, 5) is 14.8. The molecule has 1 N–H and O–H groups in total. The van der Waals surface area contributed by atoms with E-state index in [1.54, 1.807) is 47.5 Å². The molecule has 0 saturated heterocycles. The molecule has 0 aliphatic rings. The average Bonchev–Trinajstić information content (AvgIpc) is 2.97. The van der Waals surface area contributed by atoms with Gasteiger partial charge in [0, 0.05) is 18.5 Å². The van der Waals surface area contributed by atoms with Crippen molar-refractivity contribution in [2.75, 3.05) is 13.7 Å². The summed E-state index contributed by atoms with van der Waals surface area (Å²) in [5, 5.41) is 2.81. The van der Waals surface area contributed by atoms with Crippen LogP contribution in [0.2, 0.25) is 0 Å². The van der Waals surface area contributed by atoms with Crippen molar-refractivity contribution < 1.29 is 22.7 Å². The maximum atomic E-state index is 12.1. The maximum Gasteiger partial charge on any atom is 0.411 e. The summed E-state index contributed by atoms with van der Waals surface area (Å²) in [6.45, 7) is -0.526. The van der Waals surface area contributed by atoms with Crippen LogP contribution in [0.15, 0.2) is 40.2 Å². The van der Waals surface area contributed by atoms with Gasteiger partial charge in [-0.25, -0.2) is 4.79 Å². The molecule has 0 aliphatic carbocycles. The Labute approximate surface area is 162 Å². The number of carbonyl (C=O) groups excluding carboxylic acids is 1. The van der Waals surface area contributed by atoms with E-state index in [0.29, 0.717) is 18.7 Å². The highest BCUT2D eigenvalue weighted by Gasteiger charge is 2.27. The number of nitrogens with zero attached hydrogens (tertiary/aromatic N) is 1. The summed E-state index contributed by atoms with van der Waals surface area (Å²) >= 11 is 4.96. The maximum absolute atomic E-state index is 12.1. The van der Waals surface area contributed by atoms with Gasteiger partial charge in [0.2, 0.25) is 0 Å². The molecule has 0 bridgehead atoms. The van der Waals surface area contributed by atoms with Crippen molar-refractivity contribution in [3.63, 3.8) is 0 Å². The van der Waals surface area contributed by atoms with Crippen molar-refractivity contribution in [1.82, 2.24) is 10.2 Å². The number of carbonyl (C=O) groups is 1. The van der Waals surface area contributed by atoms with Crippen LogP contribution in [0.25, 0.3) is 0 Å². The molecule has 1 aromatic carbocycles. The number of benzene rings is 1. The van der Waals surface area contributed by atoms with Gasteiger partial charge in [0.05, 0.1) is 16.9 Å². The number of nitrogens with one attached hydrogen (secondary N) is 1. The first-order chi connectivity index (χ1) is 12.2. The Bertz CT molecular complexity index is 720. The smallest absolute Gasteiger partial charge is 0.367 e. The highest BCUT2D eigenvalue weighted by Crippen LogP contribution is 2.23. The Balaban J connectivity index is 1.75. The minimum Gasteiger partial charge on any atom is -0.367 e. The summed E-state index contributed by atoms with van der Waals surface area (Å²) < 4.78 is 41.7. The average molecular weight is 451 g/mol. The Morgan fingerprint density at radius 2 is 1.85 bits per heavy atom. The van der Waals surface area contributed by atoms with E-state index < -0.39 is 12.8 Å². The molecule has 9 heteroatoms. The molecular weight excluding hydrogens is 433 g/mol. The van der Waals surface area contributed by atoms with E-state index in [-0.39, 0.29) is 12.6 Å². The second kappa shape index (κ2) is 9.38. The van der Waals surface area contributed by atoms with E-state index in [4.69, 9.17) is 0 Å². The first-order valence-corrected chi connectivity index (χ1v) is 9.29. The molecule has 0 saturated carbocycles. The molecule has 0 atom stereocenters. The number of hydrogen-bond donors (Lipinski definition) is 1. The zero-order valence-electron chi connectivity index (χ0n) is 14.0. The molecule has 2 aromatic rings. The van der Waals surface area contributed by atoms with Gasteiger partial charge >= 0.3 is 12.2 Å². The van der Waals surface area contributed by atoms with Gasteiger partial charge in [-0.05, 0) is 39.2 Å². The zero-order valence-corrected chi connectivity index (χ0v) is 16.4. The van der Waals surface area contributed by atoms with Gasteiger partial charge in [0.25, 0.3) is 0 Å². The van der Waals surface area contributed by atoms with Crippen LogP contribution in [-0.4, -0.2) is 30.8 Å². The molecule has 0 unspecified atom stereocenters. The Morgan fingerprint density at radius 1 is 1.19 bits per heavy atom. The second-order valence-electron chi connectivity index (χ2n) is 5.65. The second-order valence-corrected chi connectivity index (χ2v) is 8.19. The minimum absolute atomic E-state index is 0.106. The van der Waals surface area contributed by atoms with E-state index in [2.05, 4.69) is 26.0 Å². The van der Waals surface area contributed by atoms with E-state index in [1.165, 1.54) is 0 Å². The predicted molar refractivity (Wildman–Crippen MR) is 97.9 cm³/mol. The third-order valence-electron chi connectivity index (χ3n) is 3.37. The summed E-state index contributed by atoms with van der Waals surface area (Å²) in [5.41, 5.74) is 1.50. The van der Waals surface area contributed by atoms with E-state index in [1.807, 2.05) is 12.1 Å². The van der Waals surface area contributed by atoms with Crippen LogP contribution in [0.1, 0.15) is 16.0 Å². The molecule has 0 fully saturated rings. The van der Waals surface area contributed by atoms with Crippen LogP contribution in [0.3, 0.4) is 0 Å². The van der Waals surface area contributed by atoms with E-state index >= 15 is 0 Å². The molecule has 142 valence electrons. The lowest BCUT2D eigenvalue weighted by Gasteiger charge is -2.17. The summed E-state index contributed by atoms with van der Waals surface area (Å²) in [5.74, 6) is 0. The first-order valence-electron chi connectivity index (χ1n) is 7.68. The molecule has 1 heterocycles. The van der Waals surface area contributed by atoms with Gasteiger partial charge in [-0.3, -0.25) is 0 Å². The molecule has 0 spiro atoms. The fraction of sp³-hybridized carbons (Fsp3) is 0.353. The highest BCUT2D eigenvalue weighted by atomic mass is 79.9. The molecule has 26 heavy (non-hydrogen) atoms. The number of rotatable bonds is 7. The van der Waals surface area contributed by atoms with Crippen molar-refractivity contribution in [2.45, 2.75) is 25.9 Å². The molecular formula is C17H18BrF3N2O2S. The summed E-state index contributed by atoms with van der Waals surface area (Å²) in [6, 6.07) is 10.6. The fourth-order valence-corrected chi connectivity index (χ4v) is 3.63. The molecule has 0 aliphatic heterocycles. The number of alkyl halides is 3. The standard InChI is InChI=1S/C17H18BrF3N2O2S/c1-23(9-14-6-7-15(18)26-14)16(24)22-8-12-2-4-13(5-3-12)10-25-11-17(19,20)21/h2-7H,8-11H2,1H3,(H,22,24). The molecule has 4 nitrogen and oxygen atoms in total. The third-order valence-corrected chi connectivity index (χ3v) is 4.98. The monoisotopic (exact) mass is 450 g/mol. The van der Waals surface area contributed by atoms with Gasteiger partial charge in [0.1, 0.15) is 6.61 Å². The Hall–Kier alpha value is -1.58. The lowest BCUT2D eigenvalue weighted by atomic mass is 10.1. The fourth-order valence-electron chi connectivity index (χ4n) is 2.09. The normalized spacial score (nSPS) is 11.4. The van der Waals surface area contributed by atoms with Crippen molar-refractivity contribution in [1.29, 1.82) is 0 Å². The van der Waals surface area contributed by atoms with Gasteiger partial charge in [-0.1, -0.05) is 24.3 Å². The van der Waals surface area contributed by atoms with Gasteiger partial charge in [-0.2, -0.15) is 13.2 Å². The molecule has 2 rings (SSSR count). The van der Waals surface area contributed by atoms with Crippen LogP contribution in [0.4, 0.5) is 18.0 Å². The van der Waals surface area contributed by atoms with Gasteiger partial charge in [-0.15, -0.1) is 11.3 Å². The predicted octanol–water partition coefficient (Wildman–Crippen LogP) is 4.93.